The molecular formula is C111H143Cl11N5O12S-5. The van der Waals surface area contributed by atoms with Crippen molar-refractivity contribution in [3.05, 3.63) is 322 Å². The van der Waals surface area contributed by atoms with E-state index in [9.17, 15) is 0 Å². The van der Waals surface area contributed by atoms with Crippen LogP contribution in [0.25, 0.3) is 0 Å². The predicted molar refractivity (Wildman–Crippen MR) is 567 cm³/mol. The molecule has 0 aliphatic carbocycles. The van der Waals surface area contributed by atoms with Crippen molar-refractivity contribution in [3.8, 4) is 63.2 Å². The lowest BCUT2D eigenvalue weighted by Crippen LogP contribution is -3.00. The number of ether oxygens (including phenoxy) is 11. The molecule has 11 aromatic carbocycles. The summed E-state index contributed by atoms with van der Waals surface area (Å²) >= 11 is 38.3. The molecule has 0 amide bonds. The topological polar surface area (TPSA) is 179 Å². The van der Waals surface area contributed by atoms with E-state index in [0.29, 0.717) is 48.1 Å². The highest BCUT2D eigenvalue weighted by Crippen LogP contribution is 2.39. The number of nitrogens with one attached hydrogen (secondary N) is 5. The van der Waals surface area contributed by atoms with Crippen molar-refractivity contribution in [2.45, 2.75) is 116 Å². The maximum atomic E-state index is 7.83. The Hall–Kier alpha value is -7.77. The Morgan fingerprint density at radius 2 is 0.379 bits per heavy atom. The largest absolute Gasteiger partial charge is 1.00 e. The van der Waals surface area contributed by atoms with Gasteiger partial charge in [-0.1, -0.05) is 133 Å². The molecule has 0 saturated carbocycles. The average molecular weight is 2160 g/mol. The van der Waals surface area contributed by atoms with Crippen LogP contribution in [0.15, 0.2) is 188 Å². The maximum absolute atomic E-state index is 7.83. The van der Waals surface area contributed by atoms with Crippen LogP contribution >= 0.6 is 69.6 Å². The molecule has 0 bridgehead atoms. The highest BCUT2D eigenvalue weighted by molar-refractivity contribution is 7.44. The summed E-state index contributed by atoms with van der Waals surface area (Å²) < 4.78 is 70.1. The molecule has 772 valence electrons. The summed E-state index contributed by atoms with van der Waals surface area (Å²) in [6.45, 7) is 6.84. The Labute approximate surface area is 901 Å². The molecule has 11 aromatic rings. The van der Waals surface area contributed by atoms with E-state index in [1.807, 2.05) is 83.8 Å². The molecule has 0 saturated heterocycles. The maximum Gasteiger partial charge on any atom is 0.197 e. The molecule has 0 aliphatic rings. The molecule has 0 heterocycles. The first-order chi connectivity index (χ1) is 65.8. The van der Waals surface area contributed by atoms with Crippen molar-refractivity contribution in [2.75, 3.05) is 181 Å². The summed E-state index contributed by atoms with van der Waals surface area (Å²) in [4.78, 5) is 0. The molecule has 0 aliphatic heterocycles. The zero-order valence-electron chi connectivity index (χ0n) is 84.2. The zero-order chi connectivity index (χ0) is 98.2. The summed E-state index contributed by atoms with van der Waals surface area (Å²) in [5.74, 6) is 13.5. The lowest BCUT2D eigenvalue weighted by molar-refractivity contribution is -0.00100. The van der Waals surface area contributed by atoms with Gasteiger partial charge in [0.15, 0.2) is 12.5 Å². The van der Waals surface area contributed by atoms with Gasteiger partial charge in [0.05, 0.1) is 78.2 Å². The van der Waals surface area contributed by atoms with Crippen molar-refractivity contribution in [1.82, 2.24) is 26.6 Å². The van der Waals surface area contributed by atoms with Gasteiger partial charge in [0.25, 0.3) is 0 Å². The SMILES string of the molecule is CNCCc1ccc(OC)c(Cc2cc(CCNC)cc(C)c2OC)c1.CNCCc1ccc(OC)c(Cc2cc(CCNC)cc(Cc3cc(CCNC)ccc3OC)c2OC)c1.COc1ccc(CCCl)cc1.COc1ccc(CCCl)cc1Cc1cc(CCCl)cc(Cc2cc(CCCl)ccc2OC)c1OC.COc1ccc(CCCl)cc1Cc1cc(CCCl)ccc1OC.O=S.[Cl-].[Cl-].[Cl-].[Cl-].[Cl-]. The number of alkyl halides is 6. The summed E-state index contributed by atoms with van der Waals surface area (Å²) in [6.07, 6.45) is 14.3. The van der Waals surface area contributed by atoms with E-state index in [2.05, 4.69) is 186 Å². The molecule has 0 atom stereocenters. The van der Waals surface area contributed by atoms with Gasteiger partial charge in [0, 0.05) is 73.8 Å². The average Bonchev–Trinajstić information content (AvgIpc) is 0.782. The molecule has 29 heteroatoms. The second-order valence-corrected chi connectivity index (χ2v) is 34.6. The summed E-state index contributed by atoms with van der Waals surface area (Å²) in [6, 6.07) is 65.9. The second kappa shape index (κ2) is 75.0. The van der Waals surface area contributed by atoms with Crippen LogP contribution in [0.2, 0.25) is 0 Å². The van der Waals surface area contributed by atoms with Gasteiger partial charge in [-0.3, -0.25) is 0 Å². The molecular weight excluding hydrogens is 2020 g/mol. The summed E-state index contributed by atoms with van der Waals surface area (Å²) in [7, 11) is 28.9. The third kappa shape index (κ3) is 42.9. The van der Waals surface area contributed by atoms with Gasteiger partial charge >= 0.3 is 0 Å². The van der Waals surface area contributed by atoms with E-state index in [4.69, 9.17) is 126 Å². The molecule has 0 aromatic heterocycles. The second-order valence-electron chi connectivity index (χ2n) is 32.3. The van der Waals surface area contributed by atoms with Crippen molar-refractivity contribution in [1.29, 1.82) is 0 Å². The van der Waals surface area contributed by atoms with Crippen LogP contribution in [0.3, 0.4) is 0 Å². The first kappa shape index (κ1) is 130. The van der Waals surface area contributed by atoms with Crippen LogP contribution in [-0.4, -0.2) is 186 Å². The lowest BCUT2D eigenvalue weighted by Gasteiger charge is -2.19. The quantitative estimate of drug-likeness (QED) is 0.0259. The Morgan fingerprint density at radius 3 is 0.586 bits per heavy atom. The molecule has 0 spiro atoms. The highest BCUT2D eigenvalue weighted by atomic mass is 35.5. The van der Waals surface area contributed by atoms with Crippen LogP contribution < -0.4 is 141 Å². The lowest BCUT2D eigenvalue weighted by atomic mass is 9.92. The Bertz CT molecular complexity index is 5100. The molecule has 5 N–H and O–H groups in total. The van der Waals surface area contributed by atoms with Gasteiger partial charge in [-0.25, -0.2) is 0 Å². The number of methoxy groups -OCH3 is 11. The van der Waals surface area contributed by atoms with E-state index in [0.717, 1.165) is 226 Å². The fourth-order valence-electron chi connectivity index (χ4n) is 16.4. The van der Waals surface area contributed by atoms with Gasteiger partial charge in [-0.15, -0.1) is 69.6 Å². The minimum absolute atomic E-state index is 0. The van der Waals surface area contributed by atoms with E-state index >= 15 is 0 Å². The van der Waals surface area contributed by atoms with E-state index in [-0.39, 0.29) is 62.0 Å². The zero-order valence-corrected chi connectivity index (χ0v) is 93.3. The van der Waals surface area contributed by atoms with Gasteiger partial charge < -0.3 is 141 Å². The van der Waals surface area contributed by atoms with Crippen LogP contribution in [0.4, 0.5) is 0 Å². The number of hydrogen-bond acceptors (Lipinski definition) is 18. The van der Waals surface area contributed by atoms with Gasteiger partial charge in [0.1, 0.15) is 63.2 Å². The number of halogens is 11. The van der Waals surface area contributed by atoms with Gasteiger partial charge in [-0.2, -0.15) is 4.21 Å². The van der Waals surface area contributed by atoms with Crippen molar-refractivity contribution in [3.63, 3.8) is 0 Å². The number of benzene rings is 11. The smallest absolute Gasteiger partial charge is 0.197 e. The summed E-state index contributed by atoms with van der Waals surface area (Å²) in [5.41, 5.74) is 28.7. The minimum Gasteiger partial charge on any atom is -1.00 e. The van der Waals surface area contributed by atoms with Gasteiger partial charge in [0.2, 0.25) is 0 Å². The Morgan fingerprint density at radius 1 is 0.207 bits per heavy atom. The fourth-order valence-corrected chi connectivity index (χ4v) is 17.7. The van der Waals surface area contributed by atoms with Crippen LogP contribution in [0.1, 0.15) is 134 Å². The molecule has 0 radical (unpaired) electrons. The van der Waals surface area contributed by atoms with E-state index in [1.165, 1.54) is 100 Å². The third-order valence-corrected chi connectivity index (χ3v) is 24.2. The Kier molecular flexibility index (Phi) is 69.8. The van der Waals surface area contributed by atoms with Crippen molar-refractivity contribution >= 4 is 82.1 Å². The number of likely N-dealkylation sites (N-methyl/N-ethyl adjacent to an activating group) is 5. The normalized spacial score (nSPS) is 10.2. The monoisotopic (exact) mass is 2150 g/mol. The van der Waals surface area contributed by atoms with Crippen molar-refractivity contribution in [2.24, 2.45) is 0 Å². The van der Waals surface area contributed by atoms with Crippen LogP contribution in [-0.2, 0) is 122 Å². The molecule has 0 unspecified atom stereocenters. The first-order valence-electron chi connectivity index (χ1n) is 45.9. The number of hydrogen-bond donors (Lipinski definition) is 5. The first-order valence-corrected chi connectivity index (χ1v) is 49.4. The predicted octanol–water partition coefficient (Wildman–Crippen LogP) is 6.56. The minimum atomic E-state index is 0. The van der Waals surface area contributed by atoms with Gasteiger partial charge in [-0.05, 0) is 334 Å². The third-order valence-electron chi connectivity index (χ3n) is 23.1. The standard InChI is InChI=1S/C32H45N3O3.C29H33Cl3O3.C22H32N2O2.C19H22Cl2O2.C9H11ClO.5ClH.OS/c1-33-14-11-23-7-9-30(36-4)26(17-23)21-28-19-25(13-16-35-3)20-29(32(28)38-6)22-27-18-24(12-15-34-2)8-10-31(27)37-5;1-33-27-6-4-20(8-11-30)14-23(27)18-25-16-22(10-13-32)17-26(29(25)35-3)19-24-15-21(9-12-31)5-7-28(24)34-2;1-16-12-18(9-11-24-3)14-20(22(16)26-5)15-19-13-17(8-10-23-2)6-7-21(19)25-4;1-22-18-5-3-14(7-9-20)11-16(18)13-17-12-15(8-10-21)4-6-19(17)23-2;1-11-9-4-2-8(3-5-9)6-7-10;;;;;;1-2/h7-10,17-20,33-35H,11-16,21-22H2,1-6H3;4-7,14-17H,8-13,18-19H2,1-3H3;6-7,12-14,23-24H,8-11,15H2,1-5H3;3-6,11-12H,7-10,13H2,1-2H3;2-5H,6-7H2,1H3;5*1H;/p-5. The highest BCUT2D eigenvalue weighted by Gasteiger charge is 2.22. The molecule has 17 nitrogen and oxygen atoms in total. The van der Waals surface area contributed by atoms with Crippen LogP contribution in [0.5, 0.6) is 63.2 Å². The van der Waals surface area contributed by atoms with Crippen LogP contribution in [0, 0.1) is 6.92 Å². The number of aryl methyl sites for hydroxylation is 7. The summed E-state index contributed by atoms with van der Waals surface area (Å²) in [5, 5.41) is 16.2. The number of rotatable bonds is 50. The van der Waals surface area contributed by atoms with E-state index in [1.54, 1.807) is 78.2 Å². The fraction of sp³-hybridized carbons (Fsp3) is 0.405. The molecule has 11 rings (SSSR count). The molecule has 140 heavy (non-hydrogen) atoms. The van der Waals surface area contributed by atoms with E-state index < -0.39 is 0 Å². The molecule has 0 fully saturated rings. The van der Waals surface area contributed by atoms with Crippen molar-refractivity contribution < 1.29 is 118 Å². The Balaban J connectivity index is 0.000000895.